The summed E-state index contributed by atoms with van der Waals surface area (Å²) in [6, 6.07) is 13.9. The summed E-state index contributed by atoms with van der Waals surface area (Å²) in [6.45, 7) is 8.63. The van der Waals surface area contributed by atoms with E-state index in [0.29, 0.717) is 24.4 Å². The topological polar surface area (TPSA) is 94.3 Å². The number of rotatable bonds is 7. The van der Waals surface area contributed by atoms with Crippen LogP contribution in [0, 0.1) is 11.8 Å². The minimum absolute atomic E-state index is 0.0949. The molecule has 0 fully saturated rings. The van der Waals surface area contributed by atoms with Gasteiger partial charge in [-0.05, 0) is 41.5 Å². The fourth-order valence-electron chi connectivity index (χ4n) is 5.52. The van der Waals surface area contributed by atoms with Crippen LogP contribution in [0.25, 0.3) is 10.9 Å². The Morgan fingerprint density at radius 3 is 2.53 bits per heavy atom. The highest BCUT2D eigenvalue weighted by Crippen LogP contribution is 2.46. The molecular weight excluding hydrogens is 452 g/mol. The van der Waals surface area contributed by atoms with Gasteiger partial charge in [-0.2, -0.15) is 0 Å². The molecule has 188 valence electrons. The van der Waals surface area contributed by atoms with Crippen molar-refractivity contribution in [2.75, 3.05) is 6.54 Å². The van der Waals surface area contributed by atoms with Gasteiger partial charge < -0.3 is 20.5 Å². The van der Waals surface area contributed by atoms with E-state index in [4.69, 9.17) is 0 Å². The Kier molecular flexibility index (Phi) is 6.33. The Labute approximate surface area is 211 Å². The third kappa shape index (κ3) is 4.06. The van der Waals surface area contributed by atoms with Gasteiger partial charge in [-0.1, -0.05) is 64.1 Å². The predicted octanol–water partition coefficient (Wildman–Crippen LogP) is 3.94. The number of hydrogen-bond donors (Lipinski definition) is 3. The molecule has 0 aliphatic carbocycles. The number of aromatic amines is 1. The number of carbonyl (C=O) groups is 3. The van der Waals surface area contributed by atoms with Crippen molar-refractivity contribution < 1.29 is 14.4 Å². The lowest BCUT2D eigenvalue weighted by Gasteiger charge is -2.38. The minimum Gasteiger partial charge on any atom is -0.356 e. The molecule has 3 amide bonds. The summed E-state index contributed by atoms with van der Waals surface area (Å²) in [6.07, 6.45) is 1.26. The number of nitrogens with one attached hydrogen (secondary N) is 3. The van der Waals surface area contributed by atoms with E-state index < -0.39 is 12.1 Å². The first-order valence-corrected chi connectivity index (χ1v) is 12.9. The van der Waals surface area contributed by atoms with Crippen LogP contribution in [-0.2, 0) is 16.0 Å². The van der Waals surface area contributed by atoms with Crippen LogP contribution in [0.2, 0.25) is 0 Å². The van der Waals surface area contributed by atoms with Crippen LogP contribution in [0.4, 0.5) is 0 Å². The number of H-pyrrole nitrogens is 1. The molecule has 36 heavy (non-hydrogen) atoms. The van der Waals surface area contributed by atoms with Crippen molar-refractivity contribution in [3.8, 4) is 0 Å². The number of carbonyl (C=O) groups excluding carboxylic acids is 3. The first-order chi connectivity index (χ1) is 17.3. The average Bonchev–Trinajstić information content (AvgIpc) is 3.37. The summed E-state index contributed by atoms with van der Waals surface area (Å²) in [4.78, 5) is 45.6. The molecule has 2 aliphatic heterocycles. The van der Waals surface area contributed by atoms with Gasteiger partial charge >= 0.3 is 0 Å². The fraction of sp³-hybridized carbons (Fsp3) is 0.414. The van der Waals surface area contributed by atoms with Gasteiger partial charge in [0.1, 0.15) is 12.1 Å². The molecule has 5 rings (SSSR count). The van der Waals surface area contributed by atoms with Gasteiger partial charge in [0.05, 0.1) is 6.04 Å². The molecule has 7 heteroatoms. The number of para-hydroxylation sites is 1. The van der Waals surface area contributed by atoms with Gasteiger partial charge in [-0.15, -0.1) is 0 Å². The van der Waals surface area contributed by atoms with Gasteiger partial charge in [-0.3, -0.25) is 14.4 Å². The van der Waals surface area contributed by atoms with E-state index in [9.17, 15) is 14.4 Å². The lowest BCUT2D eigenvalue weighted by molar-refractivity contribution is -0.132. The van der Waals surface area contributed by atoms with Gasteiger partial charge in [0.2, 0.25) is 11.8 Å². The molecule has 0 radical (unpaired) electrons. The second kappa shape index (κ2) is 9.45. The number of fused-ring (bicyclic) bond motifs is 7. The maximum absolute atomic E-state index is 13.8. The second-order valence-corrected chi connectivity index (χ2v) is 10.7. The zero-order valence-corrected chi connectivity index (χ0v) is 21.3. The van der Waals surface area contributed by atoms with Crippen molar-refractivity contribution in [1.82, 2.24) is 20.5 Å². The maximum Gasteiger partial charge on any atom is 0.255 e. The maximum atomic E-state index is 13.8. The van der Waals surface area contributed by atoms with Gasteiger partial charge in [0, 0.05) is 35.1 Å². The molecule has 3 heterocycles. The lowest BCUT2D eigenvalue weighted by atomic mass is 9.89. The highest BCUT2D eigenvalue weighted by atomic mass is 16.2. The average molecular weight is 487 g/mol. The Morgan fingerprint density at radius 2 is 1.78 bits per heavy atom. The number of amides is 3. The fourth-order valence-corrected chi connectivity index (χ4v) is 5.52. The normalized spacial score (nSPS) is 19.3. The van der Waals surface area contributed by atoms with Crippen molar-refractivity contribution in [3.05, 3.63) is 70.9 Å². The second-order valence-electron chi connectivity index (χ2n) is 10.7. The Morgan fingerprint density at radius 1 is 1.06 bits per heavy atom. The van der Waals surface area contributed by atoms with Crippen molar-refractivity contribution >= 4 is 28.6 Å². The molecule has 3 aromatic rings. The molecule has 7 nitrogen and oxygen atoms in total. The smallest absolute Gasteiger partial charge is 0.255 e. The van der Waals surface area contributed by atoms with E-state index in [0.717, 1.165) is 34.1 Å². The molecule has 0 bridgehead atoms. The van der Waals surface area contributed by atoms with Crippen molar-refractivity contribution in [2.45, 2.75) is 58.7 Å². The van der Waals surface area contributed by atoms with Crippen molar-refractivity contribution in [2.24, 2.45) is 11.8 Å². The molecule has 2 aromatic carbocycles. The van der Waals surface area contributed by atoms with E-state index >= 15 is 0 Å². The number of benzene rings is 2. The van der Waals surface area contributed by atoms with E-state index in [1.54, 1.807) is 4.90 Å². The summed E-state index contributed by atoms with van der Waals surface area (Å²) in [5.74, 6) is -0.250. The van der Waals surface area contributed by atoms with E-state index in [1.165, 1.54) is 0 Å². The highest BCUT2D eigenvalue weighted by Gasteiger charge is 2.49. The number of nitrogens with zero attached hydrogens (tertiary/aromatic N) is 1. The van der Waals surface area contributed by atoms with Gasteiger partial charge in [-0.25, -0.2) is 0 Å². The number of aromatic nitrogens is 1. The quantitative estimate of drug-likeness (QED) is 0.472. The molecule has 3 atom stereocenters. The molecule has 3 N–H and O–H groups in total. The summed E-state index contributed by atoms with van der Waals surface area (Å²) < 4.78 is 0. The SMILES string of the molecule is CC(C)CCNC(=O)[C@@H](NC(=O)[C@@H]1Cc2c([nH]c3ccccc23)[C@H]2c3ccccc3C(=O)N21)C(C)C. The van der Waals surface area contributed by atoms with Crippen molar-refractivity contribution in [3.63, 3.8) is 0 Å². The largest absolute Gasteiger partial charge is 0.356 e. The minimum atomic E-state index is -0.716. The van der Waals surface area contributed by atoms with E-state index in [2.05, 4.69) is 35.5 Å². The monoisotopic (exact) mass is 486 g/mol. The summed E-state index contributed by atoms with van der Waals surface area (Å²) in [7, 11) is 0. The summed E-state index contributed by atoms with van der Waals surface area (Å²) >= 11 is 0. The molecule has 0 unspecified atom stereocenters. The molecule has 0 saturated carbocycles. The highest BCUT2D eigenvalue weighted by molar-refractivity contribution is 6.04. The van der Waals surface area contributed by atoms with Crippen LogP contribution in [0.3, 0.4) is 0 Å². The standard InChI is InChI=1S/C29H34N4O3/c1-16(2)13-14-30-28(35)24(17(3)4)32-27(34)23-15-21-18-9-7-8-12-22(18)31-25(21)26-19-10-5-6-11-20(19)29(36)33(23)26/h5-12,16-17,23-24,26,31H,13-15H2,1-4H3,(H,30,35)(H,32,34)/t23-,24-,26+/m0/s1. The zero-order valence-electron chi connectivity index (χ0n) is 21.3. The lowest BCUT2D eigenvalue weighted by Crippen LogP contribution is -2.57. The zero-order chi connectivity index (χ0) is 25.6. The molecule has 0 saturated heterocycles. The Balaban J connectivity index is 1.49. The van der Waals surface area contributed by atoms with E-state index in [-0.39, 0.29) is 29.7 Å². The predicted molar refractivity (Wildman–Crippen MR) is 139 cm³/mol. The first-order valence-electron chi connectivity index (χ1n) is 12.9. The van der Waals surface area contributed by atoms with Crippen LogP contribution in [0.1, 0.15) is 67.3 Å². The Hall–Kier alpha value is -3.61. The van der Waals surface area contributed by atoms with Crippen LogP contribution in [-0.4, -0.2) is 46.2 Å². The molecule has 2 aliphatic rings. The van der Waals surface area contributed by atoms with Crippen LogP contribution in [0.15, 0.2) is 48.5 Å². The molecule has 0 spiro atoms. The van der Waals surface area contributed by atoms with Gasteiger partial charge in [0.15, 0.2) is 0 Å². The Bertz CT molecular complexity index is 1330. The van der Waals surface area contributed by atoms with Crippen LogP contribution < -0.4 is 10.6 Å². The van der Waals surface area contributed by atoms with Crippen molar-refractivity contribution in [1.29, 1.82) is 0 Å². The molecule has 1 aromatic heterocycles. The molecular formula is C29H34N4O3. The summed E-state index contributed by atoms with van der Waals surface area (Å²) in [5, 5.41) is 7.03. The van der Waals surface area contributed by atoms with Gasteiger partial charge in [0.25, 0.3) is 5.91 Å². The number of hydrogen-bond acceptors (Lipinski definition) is 3. The first kappa shape index (κ1) is 24.1. The van der Waals surface area contributed by atoms with E-state index in [1.807, 2.05) is 56.3 Å². The third-order valence-corrected chi connectivity index (χ3v) is 7.42. The van der Waals surface area contributed by atoms with Crippen LogP contribution >= 0.6 is 0 Å². The summed E-state index contributed by atoms with van der Waals surface area (Å²) in [5.41, 5.74) is 4.53. The third-order valence-electron chi connectivity index (χ3n) is 7.42. The van der Waals surface area contributed by atoms with Crippen LogP contribution in [0.5, 0.6) is 0 Å².